The molecule has 2 unspecified atom stereocenters. The van der Waals surface area contributed by atoms with E-state index in [9.17, 15) is 0 Å². The van der Waals surface area contributed by atoms with Gasteiger partial charge in [0.2, 0.25) is 0 Å². The number of piperidine rings is 1. The Balaban J connectivity index is 2.46. The van der Waals surface area contributed by atoms with Gasteiger partial charge >= 0.3 is 0 Å². The van der Waals surface area contributed by atoms with Gasteiger partial charge in [-0.3, -0.25) is 0 Å². The lowest BCUT2D eigenvalue weighted by molar-refractivity contribution is 0.209. The molecule has 0 bridgehead atoms. The summed E-state index contributed by atoms with van der Waals surface area (Å²) < 4.78 is 5.95. The zero-order valence-corrected chi connectivity index (χ0v) is 17.4. The topological polar surface area (TPSA) is 6.48 Å². The lowest BCUT2D eigenvalue weighted by Crippen LogP contribution is -2.55. The highest BCUT2D eigenvalue weighted by molar-refractivity contribution is 7.05. The Morgan fingerprint density at radius 3 is 1.88 bits per heavy atom. The van der Waals surface area contributed by atoms with Crippen molar-refractivity contribution >= 4 is 36.3 Å². The van der Waals surface area contributed by atoms with Crippen LogP contribution in [0.4, 0.5) is 0 Å². The fraction of sp³-hybridized carbons (Fsp3) is 1.00. The van der Waals surface area contributed by atoms with Gasteiger partial charge in [0.05, 0.1) is 18.4 Å². The Morgan fingerprint density at radius 2 is 1.47 bits per heavy atom. The Kier molecular flexibility index (Phi) is 6.89. The third-order valence-corrected chi connectivity index (χ3v) is 22.6. The number of hydrogen-bond acceptors (Lipinski definition) is 2. The molecule has 6 heteroatoms. The Hall–Kier alpha value is 0.788. The summed E-state index contributed by atoms with van der Waals surface area (Å²) >= 11 is 0. The van der Waals surface area contributed by atoms with E-state index < -0.39 is 0 Å². The van der Waals surface area contributed by atoms with Crippen molar-refractivity contribution in [1.82, 2.24) is 8.46 Å². The maximum Gasteiger partial charge on any atom is 0.115 e. The second-order valence-corrected chi connectivity index (χ2v) is 17.4. The first-order valence-electron chi connectivity index (χ1n) is 7.07. The van der Waals surface area contributed by atoms with E-state index in [4.69, 9.17) is 0 Å². The molecule has 0 aromatic heterocycles. The van der Waals surface area contributed by atoms with Gasteiger partial charge in [0, 0.05) is 0 Å². The summed E-state index contributed by atoms with van der Waals surface area (Å²) in [4.78, 5) is 0. The molecule has 2 atom stereocenters. The normalized spacial score (nSPS) is 28.8. The van der Waals surface area contributed by atoms with Gasteiger partial charge in [-0.25, -0.2) is 0 Å². The van der Waals surface area contributed by atoms with Crippen molar-refractivity contribution < 1.29 is 0 Å². The van der Waals surface area contributed by atoms with Crippen molar-refractivity contribution in [3.63, 3.8) is 0 Å². The fourth-order valence-corrected chi connectivity index (χ4v) is 25.6. The molecule has 0 amide bonds. The summed E-state index contributed by atoms with van der Waals surface area (Å²) in [5, 5.41) is 0. The molecule has 2 radical (unpaired) electrons. The van der Waals surface area contributed by atoms with Gasteiger partial charge in [-0.15, -0.1) is 0 Å². The molecule has 1 saturated heterocycles. The third-order valence-electron chi connectivity index (χ3n) is 4.04. The summed E-state index contributed by atoms with van der Waals surface area (Å²) in [5.41, 5.74) is 0. The van der Waals surface area contributed by atoms with Gasteiger partial charge in [-0.05, 0) is 24.9 Å². The predicted molar refractivity (Wildman–Crippen MR) is 88.5 cm³/mol. The van der Waals surface area contributed by atoms with Crippen LogP contribution in [-0.2, 0) is 0 Å². The molecule has 0 aromatic rings. The quantitative estimate of drug-likeness (QED) is 0.703. The van der Waals surface area contributed by atoms with E-state index in [1.165, 1.54) is 19.3 Å². The molecule has 2 nitrogen and oxygen atoms in total. The molecular weight excluding hydrogens is 272 g/mol. The summed E-state index contributed by atoms with van der Waals surface area (Å²) in [6.07, 6.45) is 4.38. The van der Waals surface area contributed by atoms with Crippen molar-refractivity contribution in [1.29, 1.82) is 0 Å². The highest BCUT2D eigenvalue weighted by atomic mass is 29.2. The molecule has 0 spiro atoms. The largest absolute Gasteiger partial charge is 0.376 e. The minimum absolute atomic E-state index is 0.0867. The zero-order chi connectivity index (χ0) is 13.0. The second-order valence-electron chi connectivity index (χ2n) is 5.91. The average Bonchev–Trinajstić information content (AvgIpc) is 2.21. The average molecular weight is 303 g/mol. The minimum atomic E-state index is -0.159. The first kappa shape index (κ1) is 15.8. The Labute approximate surface area is 116 Å². The second kappa shape index (κ2) is 7.39. The van der Waals surface area contributed by atoms with Crippen molar-refractivity contribution in [2.45, 2.75) is 71.4 Å². The van der Waals surface area contributed by atoms with Gasteiger partial charge in [-0.2, -0.15) is 0 Å². The molecule has 1 aliphatic rings. The lowest BCUT2D eigenvalue weighted by atomic mass is 10.0. The smallest absolute Gasteiger partial charge is 0.115 e. The minimum Gasteiger partial charge on any atom is -0.376 e. The molecule has 0 aromatic carbocycles. The first-order valence-corrected chi connectivity index (χ1v) is 17.2. The molecule has 1 rings (SSSR count). The van der Waals surface area contributed by atoms with Crippen LogP contribution < -0.4 is 0 Å². The summed E-state index contributed by atoms with van der Waals surface area (Å²) in [7, 11) is -0.121. The van der Waals surface area contributed by atoms with Crippen LogP contribution in [0.1, 0.15) is 33.1 Å². The first-order chi connectivity index (χ1) is 7.93. The molecule has 1 fully saturated rings. The molecule has 0 saturated carbocycles. The van der Waals surface area contributed by atoms with Crippen molar-refractivity contribution in [2.75, 3.05) is 0 Å². The maximum absolute atomic E-state index is 3.01. The van der Waals surface area contributed by atoms with E-state index in [0.29, 0.717) is 0 Å². The number of nitrogens with zero attached hydrogens (tertiary/aromatic N) is 2. The van der Waals surface area contributed by atoms with Gasteiger partial charge in [-0.1, -0.05) is 46.5 Å². The van der Waals surface area contributed by atoms with Gasteiger partial charge in [0.25, 0.3) is 0 Å². The van der Waals surface area contributed by atoms with Crippen LogP contribution in [0.15, 0.2) is 0 Å². The van der Waals surface area contributed by atoms with Gasteiger partial charge < -0.3 is 8.46 Å². The van der Waals surface area contributed by atoms with Gasteiger partial charge in [0.1, 0.15) is 17.9 Å². The standard InChI is InChI=1S/C11H30N2Si4/c1-10-8-7-9-11(2)12(10)14-15-13(16(3)4)17(5)6/h10-11H,7-9,14-15H2,1-6H3. The number of rotatable bonds is 5. The van der Waals surface area contributed by atoms with E-state index in [1.54, 1.807) is 0 Å². The molecule has 100 valence electrons. The highest BCUT2D eigenvalue weighted by Crippen LogP contribution is 2.21. The van der Waals surface area contributed by atoms with E-state index in [1.807, 2.05) is 0 Å². The molecule has 1 heterocycles. The fourth-order valence-electron chi connectivity index (χ4n) is 3.03. The van der Waals surface area contributed by atoms with Crippen LogP contribution >= 0.6 is 0 Å². The van der Waals surface area contributed by atoms with E-state index >= 15 is 0 Å². The van der Waals surface area contributed by atoms with Crippen LogP contribution in [0.2, 0.25) is 26.2 Å². The zero-order valence-electron chi connectivity index (χ0n) is 12.6. The van der Waals surface area contributed by atoms with Crippen LogP contribution in [0.3, 0.4) is 0 Å². The van der Waals surface area contributed by atoms with Crippen LogP contribution in [0.5, 0.6) is 0 Å². The van der Waals surface area contributed by atoms with Crippen LogP contribution in [0.25, 0.3) is 0 Å². The molecule has 0 aliphatic carbocycles. The predicted octanol–water partition coefficient (Wildman–Crippen LogP) is 1.14. The van der Waals surface area contributed by atoms with Crippen molar-refractivity contribution in [3.05, 3.63) is 0 Å². The molecule has 17 heavy (non-hydrogen) atoms. The highest BCUT2D eigenvalue weighted by Gasteiger charge is 2.26. The Bertz CT molecular complexity index is 208. The van der Waals surface area contributed by atoms with E-state index in [2.05, 4.69) is 48.5 Å². The summed E-state index contributed by atoms with van der Waals surface area (Å²) in [6.45, 7) is 14.9. The van der Waals surface area contributed by atoms with Crippen LogP contribution in [0, 0.1) is 0 Å². The van der Waals surface area contributed by atoms with Crippen molar-refractivity contribution in [3.8, 4) is 0 Å². The van der Waals surface area contributed by atoms with Crippen molar-refractivity contribution in [2.24, 2.45) is 0 Å². The third kappa shape index (κ3) is 4.75. The lowest BCUT2D eigenvalue weighted by Gasteiger charge is -2.41. The number of hydrogen-bond donors (Lipinski definition) is 0. The molecule has 0 N–H and O–H groups in total. The monoisotopic (exact) mass is 302 g/mol. The summed E-state index contributed by atoms with van der Waals surface area (Å²) in [6, 6.07) is 1.79. The Morgan fingerprint density at radius 1 is 1.00 bits per heavy atom. The maximum atomic E-state index is 3.01. The SMILES string of the molecule is CC1CCCC(C)N1[SiH2][SiH2]N([Si](C)C)[Si](C)C. The van der Waals surface area contributed by atoms with Crippen LogP contribution in [-0.4, -0.2) is 56.9 Å². The van der Waals surface area contributed by atoms with E-state index in [0.717, 1.165) is 12.1 Å². The summed E-state index contributed by atoms with van der Waals surface area (Å²) in [5.74, 6) is 0. The van der Waals surface area contributed by atoms with E-state index in [-0.39, 0.29) is 36.3 Å². The molecule has 1 aliphatic heterocycles. The van der Waals surface area contributed by atoms with Gasteiger partial charge in [0.15, 0.2) is 0 Å². The molecular formula is C11H30N2Si4.